The molecule has 1 N–H and O–H groups in total. The number of hydrogen-bond acceptors (Lipinski definition) is 2. The third kappa shape index (κ3) is 2.01. The Balaban J connectivity index is 1.70. The van der Waals surface area contributed by atoms with E-state index in [1.807, 2.05) is 0 Å². The maximum atomic E-state index is 12.3. The first-order valence-electron chi connectivity index (χ1n) is 10.4. The average Bonchev–Trinajstić information content (AvgIpc) is 2.73. The van der Waals surface area contributed by atoms with E-state index in [2.05, 4.69) is 34.6 Å². The molecule has 9 atom stereocenters. The fraction of sp³-hybridized carbons (Fsp3) is 0.955. The summed E-state index contributed by atoms with van der Waals surface area (Å²) in [5.74, 6) is 4.24. The van der Waals surface area contributed by atoms with Crippen molar-refractivity contribution in [1.82, 2.24) is 0 Å². The number of ketones is 1. The number of Topliss-reactive ketones (excluding diaryl/α,β-unsaturated/α-hetero) is 1. The number of rotatable bonds is 0. The van der Waals surface area contributed by atoms with Crippen molar-refractivity contribution in [1.29, 1.82) is 0 Å². The van der Waals surface area contributed by atoms with Crippen LogP contribution < -0.4 is 0 Å². The molecule has 136 valence electrons. The van der Waals surface area contributed by atoms with Crippen LogP contribution in [0.4, 0.5) is 0 Å². The van der Waals surface area contributed by atoms with E-state index in [1.165, 1.54) is 25.7 Å². The molecular formula is C22H36O2. The minimum Gasteiger partial charge on any atom is -0.390 e. The Kier molecular flexibility index (Phi) is 3.62. The van der Waals surface area contributed by atoms with Crippen molar-refractivity contribution >= 4 is 5.78 Å². The molecule has 0 aromatic heterocycles. The smallest absolute Gasteiger partial charge is 0.136 e. The maximum Gasteiger partial charge on any atom is 0.136 e. The topological polar surface area (TPSA) is 37.3 Å². The van der Waals surface area contributed by atoms with E-state index in [1.54, 1.807) is 0 Å². The lowest BCUT2D eigenvalue weighted by Gasteiger charge is -2.63. The number of fused-ring (bicyclic) bond motifs is 5. The largest absolute Gasteiger partial charge is 0.390 e. The van der Waals surface area contributed by atoms with Gasteiger partial charge < -0.3 is 5.11 Å². The van der Waals surface area contributed by atoms with Gasteiger partial charge in [0, 0.05) is 12.3 Å². The first-order chi connectivity index (χ1) is 11.1. The second-order valence-corrected chi connectivity index (χ2v) is 10.8. The van der Waals surface area contributed by atoms with Gasteiger partial charge in [-0.2, -0.15) is 0 Å². The molecule has 0 bridgehead atoms. The van der Waals surface area contributed by atoms with Crippen molar-refractivity contribution in [2.75, 3.05) is 0 Å². The Hall–Kier alpha value is -0.370. The lowest BCUT2D eigenvalue weighted by molar-refractivity contribution is -0.170. The molecule has 4 aliphatic carbocycles. The van der Waals surface area contributed by atoms with Crippen molar-refractivity contribution in [2.45, 2.75) is 85.2 Å². The van der Waals surface area contributed by atoms with Gasteiger partial charge in [-0.1, -0.05) is 27.7 Å². The number of carbonyl (C=O) groups excluding carboxylic acids is 1. The second-order valence-electron chi connectivity index (χ2n) is 10.8. The summed E-state index contributed by atoms with van der Waals surface area (Å²) < 4.78 is 0. The molecule has 0 aliphatic heterocycles. The number of hydrogen-bond donors (Lipinski definition) is 1. The van der Waals surface area contributed by atoms with E-state index >= 15 is 0 Å². The van der Waals surface area contributed by atoms with Crippen LogP contribution in [0.3, 0.4) is 0 Å². The van der Waals surface area contributed by atoms with Gasteiger partial charge in [0.15, 0.2) is 0 Å². The van der Waals surface area contributed by atoms with Gasteiger partial charge in [0.1, 0.15) is 5.78 Å². The molecule has 4 saturated carbocycles. The lowest BCUT2D eigenvalue weighted by Crippen LogP contribution is -2.58. The van der Waals surface area contributed by atoms with E-state index < -0.39 is 5.60 Å². The molecule has 2 heteroatoms. The molecule has 0 heterocycles. The minimum atomic E-state index is -0.490. The zero-order valence-electron chi connectivity index (χ0n) is 16.3. The third-order valence-corrected chi connectivity index (χ3v) is 9.73. The highest BCUT2D eigenvalue weighted by Gasteiger charge is 2.64. The van der Waals surface area contributed by atoms with Gasteiger partial charge in [-0.25, -0.2) is 0 Å². The summed E-state index contributed by atoms with van der Waals surface area (Å²) in [7, 11) is 0. The summed E-state index contributed by atoms with van der Waals surface area (Å²) in [6, 6.07) is 0. The Morgan fingerprint density at radius 3 is 2.42 bits per heavy atom. The zero-order chi connectivity index (χ0) is 17.5. The van der Waals surface area contributed by atoms with Gasteiger partial charge in [0.2, 0.25) is 0 Å². The average molecular weight is 333 g/mol. The summed E-state index contributed by atoms with van der Waals surface area (Å²) in [6.07, 6.45) is 7.75. The van der Waals surface area contributed by atoms with E-state index in [4.69, 9.17) is 0 Å². The van der Waals surface area contributed by atoms with Crippen LogP contribution in [0.15, 0.2) is 0 Å². The summed E-state index contributed by atoms with van der Waals surface area (Å²) in [5, 5.41) is 11.1. The van der Waals surface area contributed by atoms with Crippen molar-refractivity contribution in [3.05, 3.63) is 0 Å². The monoisotopic (exact) mass is 332 g/mol. The second kappa shape index (κ2) is 5.09. The fourth-order valence-electron chi connectivity index (χ4n) is 8.03. The molecule has 0 radical (unpaired) electrons. The van der Waals surface area contributed by atoms with Gasteiger partial charge in [0.25, 0.3) is 0 Å². The van der Waals surface area contributed by atoms with E-state index in [0.29, 0.717) is 29.0 Å². The maximum absolute atomic E-state index is 12.3. The third-order valence-electron chi connectivity index (χ3n) is 9.73. The Bertz CT molecular complexity index is 552. The SMILES string of the molecule is C[C@@H]1C[C@@]2(C)[C@H](CC1=O)C[C@@H](C)[C@@H]1[C@@H]2CC[C@@]2(C)[C@H]1CC[C@@]2(C)O. The number of carbonyl (C=O) groups is 1. The highest BCUT2D eigenvalue weighted by atomic mass is 16.3. The molecule has 0 unspecified atom stereocenters. The summed E-state index contributed by atoms with van der Waals surface area (Å²) >= 11 is 0. The molecule has 2 nitrogen and oxygen atoms in total. The van der Waals surface area contributed by atoms with E-state index in [9.17, 15) is 9.90 Å². The Morgan fingerprint density at radius 1 is 1.04 bits per heavy atom. The molecule has 4 rings (SSSR count). The van der Waals surface area contributed by atoms with Gasteiger partial charge in [-0.15, -0.1) is 0 Å². The zero-order valence-corrected chi connectivity index (χ0v) is 16.3. The molecule has 0 aromatic rings. The highest BCUT2D eigenvalue weighted by molar-refractivity contribution is 5.82. The molecular weight excluding hydrogens is 296 g/mol. The number of aliphatic hydroxyl groups is 1. The molecule has 0 spiro atoms. The van der Waals surface area contributed by atoms with Crippen LogP contribution in [0.5, 0.6) is 0 Å². The van der Waals surface area contributed by atoms with Crippen LogP contribution in [0.25, 0.3) is 0 Å². The Morgan fingerprint density at radius 2 is 1.71 bits per heavy atom. The first kappa shape index (κ1) is 17.1. The summed E-state index contributed by atoms with van der Waals surface area (Å²) in [4.78, 5) is 12.3. The molecule has 4 aliphatic rings. The summed E-state index contributed by atoms with van der Waals surface area (Å²) in [6.45, 7) is 11.6. The van der Waals surface area contributed by atoms with Crippen molar-refractivity contribution in [3.63, 3.8) is 0 Å². The van der Waals surface area contributed by atoms with Gasteiger partial charge in [-0.05, 0) is 85.9 Å². The van der Waals surface area contributed by atoms with Gasteiger partial charge in [0.05, 0.1) is 5.60 Å². The predicted molar refractivity (Wildman–Crippen MR) is 96.5 cm³/mol. The van der Waals surface area contributed by atoms with Crippen molar-refractivity contribution < 1.29 is 9.90 Å². The quantitative estimate of drug-likeness (QED) is 0.689. The standard InChI is InChI=1S/C22H36O2/c1-13-10-15-11-18(23)14(2)12-20(15,3)16-6-8-21(4)17(19(13)16)7-9-22(21,5)24/h13-17,19,24H,6-12H2,1-5H3/t13-,14-,15+,16+,17+,19-,20+,21+,22-/m1/s1. The fourth-order valence-corrected chi connectivity index (χ4v) is 8.03. The Labute approximate surface area is 147 Å². The van der Waals surface area contributed by atoms with Crippen LogP contribution >= 0.6 is 0 Å². The predicted octanol–water partition coefficient (Wildman–Crippen LogP) is 4.84. The highest BCUT2D eigenvalue weighted by Crippen LogP contribution is 2.69. The van der Waals surface area contributed by atoms with E-state index in [-0.39, 0.29) is 11.3 Å². The van der Waals surface area contributed by atoms with E-state index in [0.717, 1.165) is 31.1 Å². The van der Waals surface area contributed by atoms with Crippen LogP contribution in [-0.2, 0) is 4.79 Å². The molecule has 24 heavy (non-hydrogen) atoms. The van der Waals surface area contributed by atoms with Crippen LogP contribution in [0.1, 0.15) is 79.6 Å². The molecule has 4 fully saturated rings. The molecule has 0 saturated heterocycles. The van der Waals surface area contributed by atoms with Crippen LogP contribution in [0.2, 0.25) is 0 Å². The molecule has 0 amide bonds. The summed E-state index contributed by atoms with van der Waals surface area (Å²) in [5.41, 5.74) is -0.0437. The minimum absolute atomic E-state index is 0.0989. The van der Waals surface area contributed by atoms with Crippen molar-refractivity contribution in [3.8, 4) is 0 Å². The first-order valence-corrected chi connectivity index (χ1v) is 10.4. The van der Waals surface area contributed by atoms with Crippen LogP contribution in [0, 0.1) is 46.3 Å². The lowest BCUT2D eigenvalue weighted by atomic mass is 9.42. The van der Waals surface area contributed by atoms with Gasteiger partial charge >= 0.3 is 0 Å². The van der Waals surface area contributed by atoms with Crippen molar-refractivity contribution in [2.24, 2.45) is 46.3 Å². The normalized spacial score (nSPS) is 60.3. The van der Waals surface area contributed by atoms with Gasteiger partial charge in [-0.3, -0.25) is 4.79 Å². The van der Waals surface area contributed by atoms with Crippen LogP contribution in [-0.4, -0.2) is 16.5 Å². The molecule has 0 aromatic carbocycles.